The Morgan fingerprint density at radius 2 is 2.25 bits per heavy atom. The van der Waals surface area contributed by atoms with Gasteiger partial charge in [-0.2, -0.15) is 4.98 Å². The van der Waals surface area contributed by atoms with Gasteiger partial charge in [-0.25, -0.2) is 0 Å². The van der Waals surface area contributed by atoms with E-state index in [4.69, 9.17) is 9.26 Å². The second-order valence-corrected chi connectivity index (χ2v) is 4.05. The molecule has 5 nitrogen and oxygen atoms in total. The first-order valence-electron chi connectivity index (χ1n) is 5.77. The Morgan fingerprint density at radius 3 is 2.88 bits per heavy atom. The zero-order valence-corrected chi connectivity index (χ0v) is 9.44. The van der Waals surface area contributed by atoms with Crippen LogP contribution in [0.4, 0.5) is 0 Å². The van der Waals surface area contributed by atoms with Crippen molar-refractivity contribution < 1.29 is 14.1 Å². The van der Waals surface area contributed by atoms with Gasteiger partial charge < -0.3 is 9.26 Å². The Labute approximate surface area is 94.2 Å². The molecule has 0 spiro atoms. The molecule has 0 bridgehead atoms. The molecule has 1 heterocycles. The first-order chi connectivity index (χ1) is 7.79. The Hall–Kier alpha value is -1.39. The van der Waals surface area contributed by atoms with Crippen LogP contribution in [0.5, 0.6) is 0 Å². The highest BCUT2D eigenvalue weighted by molar-refractivity contribution is 5.72. The van der Waals surface area contributed by atoms with Gasteiger partial charge in [0.05, 0.1) is 5.92 Å². The summed E-state index contributed by atoms with van der Waals surface area (Å²) in [5, 5.41) is 3.72. The fourth-order valence-corrected chi connectivity index (χ4v) is 1.91. The summed E-state index contributed by atoms with van der Waals surface area (Å²) in [7, 11) is 0. The second kappa shape index (κ2) is 5.09. The predicted octanol–water partition coefficient (Wildman–Crippen LogP) is 1.87. The maximum absolute atomic E-state index is 11.6. The van der Waals surface area contributed by atoms with E-state index in [1.165, 1.54) is 0 Å². The smallest absolute Gasteiger partial charge is 0.309 e. The summed E-state index contributed by atoms with van der Waals surface area (Å²) in [6.45, 7) is 2.06. The standard InChI is InChI=1S/C11H16N2O3/c1-2-10-12-9(13-16-10)7-15-11(14)8-5-3-4-6-8/h8H,2-7H2,1H3. The molecule has 16 heavy (non-hydrogen) atoms. The average Bonchev–Trinajstić information content (AvgIpc) is 2.96. The van der Waals surface area contributed by atoms with Crippen molar-refractivity contribution in [1.29, 1.82) is 0 Å². The van der Waals surface area contributed by atoms with Crippen LogP contribution in [0.2, 0.25) is 0 Å². The van der Waals surface area contributed by atoms with Gasteiger partial charge in [0.15, 0.2) is 6.61 Å². The van der Waals surface area contributed by atoms with Crippen LogP contribution >= 0.6 is 0 Å². The molecule has 5 heteroatoms. The van der Waals surface area contributed by atoms with Gasteiger partial charge in [0, 0.05) is 6.42 Å². The van der Waals surface area contributed by atoms with Gasteiger partial charge in [0.2, 0.25) is 11.7 Å². The van der Waals surface area contributed by atoms with Crippen molar-refractivity contribution in [2.75, 3.05) is 0 Å². The summed E-state index contributed by atoms with van der Waals surface area (Å²) >= 11 is 0. The molecule has 2 rings (SSSR count). The molecular weight excluding hydrogens is 208 g/mol. The number of hydrogen-bond donors (Lipinski definition) is 0. The van der Waals surface area contributed by atoms with Gasteiger partial charge in [-0.3, -0.25) is 4.79 Å². The van der Waals surface area contributed by atoms with Gasteiger partial charge in [-0.1, -0.05) is 24.9 Å². The first kappa shape index (κ1) is 11.1. The Kier molecular flexibility index (Phi) is 3.54. The van der Waals surface area contributed by atoms with Crippen LogP contribution < -0.4 is 0 Å². The van der Waals surface area contributed by atoms with E-state index in [-0.39, 0.29) is 18.5 Å². The molecule has 0 saturated heterocycles. The summed E-state index contributed by atoms with van der Waals surface area (Å²) in [6.07, 6.45) is 4.85. The average molecular weight is 224 g/mol. The quantitative estimate of drug-likeness (QED) is 0.730. The summed E-state index contributed by atoms with van der Waals surface area (Å²) < 4.78 is 10.1. The molecule has 88 valence electrons. The number of hydrogen-bond acceptors (Lipinski definition) is 5. The molecule has 0 aliphatic heterocycles. The van der Waals surface area contributed by atoms with Crippen molar-refractivity contribution in [1.82, 2.24) is 10.1 Å². The SMILES string of the molecule is CCc1nc(COC(=O)C2CCCC2)no1. The van der Waals surface area contributed by atoms with Crippen LogP contribution in [0.3, 0.4) is 0 Å². The van der Waals surface area contributed by atoms with Gasteiger partial charge in [0.25, 0.3) is 0 Å². The van der Waals surface area contributed by atoms with Crippen molar-refractivity contribution >= 4 is 5.97 Å². The van der Waals surface area contributed by atoms with Crippen LogP contribution in [0.25, 0.3) is 0 Å². The number of nitrogens with zero attached hydrogens (tertiary/aromatic N) is 2. The lowest BCUT2D eigenvalue weighted by molar-refractivity contribution is -0.149. The van der Waals surface area contributed by atoms with Crippen LogP contribution in [-0.4, -0.2) is 16.1 Å². The number of carbonyl (C=O) groups is 1. The molecule has 0 radical (unpaired) electrons. The molecule has 1 fully saturated rings. The number of esters is 1. The molecule has 0 N–H and O–H groups in total. The van der Waals surface area contributed by atoms with Crippen molar-refractivity contribution in [3.8, 4) is 0 Å². The third kappa shape index (κ3) is 2.59. The first-order valence-corrected chi connectivity index (χ1v) is 5.77. The van der Waals surface area contributed by atoms with Crippen molar-refractivity contribution in [2.24, 2.45) is 5.92 Å². The van der Waals surface area contributed by atoms with Gasteiger partial charge >= 0.3 is 5.97 Å². The molecule has 1 aromatic heterocycles. The summed E-state index contributed by atoms with van der Waals surface area (Å²) in [6, 6.07) is 0. The summed E-state index contributed by atoms with van der Waals surface area (Å²) in [4.78, 5) is 15.7. The molecular formula is C11H16N2O3. The number of carbonyl (C=O) groups excluding carboxylic acids is 1. The minimum atomic E-state index is -0.125. The highest BCUT2D eigenvalue weighted by atomic mass is 16.5. The Balaban J connectivity index is 1.80. The molecule has 1 aliphatic carbocycles. The van der Waals surface area contributed by atoms with Crippen LogP contribution in [0, 0.1) is 5.92 Å². The van der Waals surface area contributed by atoms with Gasteiger partial charge in [0.1, 0.15) is 0 Å². The Bertz CT molecular complexity index is 356. The summed E-state index contributed by atoms with van der Waals surface area (Å²) in [5.74, 6) is 0.980. The largest absolute Gasteiger partial charge is 0.457 e. The number of aryl methyl sites for hydroxylation is 1. The van der Waals surface area contributed by atoms with Crippen molar-refractivity contribution in [3.05, 3.63) is 11.7 Å². The zero-order chi connectivity index (χ0) is 11.4. The number of ether oxygens (including phenoxy) is 1. The lowest BCUT2D eigenvalue weighted by atomic mass is 10.1. The van der Waals surface area contributed by atoms with Crippen LogP contribution in [-0.2, 0) is 22.6 Å². The predicted molar refractivity (Wildman–Crippen MR) is 55.4 cm³/mol. The molecule has 1 saturated carbocycles. The molecule has 0 atom stereocenters. The van der Waals surface area contributed by atoms with Gasteiger partial charge in [-0.15, -0.1) is 0 Å². The van der Waals surface area contributed by atoms with E-state index in [0.717, 1.165) is 25.7 Å². The molecule has 1 aromatic rings. The lowest BCUT2D eigenvalue weighted by Gasteiger charge is -2.07. The molecule has 0 aromatic carbocycles. The van der Waals surface area contributed by atoms with Crippen LogP contribution in [0.15, 0.2) is 4.52 Å². The molecule has 1 aliphatic rings. The van der Waals surface area contributed by atoms with E-state index in [2.05, 4.69) is 10.1 Å². The van der Waals surface area contributed by atoms with Crippen molar-refractivity contribution in [3.63, 3.8) is 0 Å². The minimum absolute atomic E-state index is 0.0811. The fraction of sp³-hybridized carbons (Fsp3) is 0.727. The number of rotatable bonds is 4. The van der Waals surface area contributed by atoms with Gasteiger partial charge in [-0.05, 0) is 12.8 Å². The topological polar surface area (TPSA) is 65.2 Å². The van der Waals surface area contributed by atoms with E-state index in [0.29, 0.717) is 18.1 Å². The highest BCUT2D eigenvalue weighted by Gasteiger charge is 2.24. The second-order valence-electron chi connectivity index (χ2n) is 4.05. The maximum atomic E-state index is 11.6. The third-order valence-corrected chi connectivity index (χ3v) is 2.84. The van der Waals surface area contributed by atoms with E-state index < -0.39 is 0 Å². The summed E-state index contributed by atoms with van der Waals surface area (Å²) in [5.41, 5.74) is 0. The molecule has 0 amide bonds. The van der Waals surface area contributed by atoms with E-state index in [9.17, 15) is 4.79 Å². The highest BCUT2D eigenvalue weighted by Crippen LogP contribution is 2.25. The van der Waals surface area contributed by atoms with Crippen molar-refractivity contribution in [2.45, 2.75) is 45.6 Å². The lowest BCUT2D eigenvalue weighted by Crippen LogP contribution is -2.14. The molecule has 0 unspecified atom stereocenters. The minimum Gasteiger partial charge on any atom is -0.457 e. The normalized spacial score (nSPS) is 16.6. The third-order valence-electron chi connectivity index (χ3n) is 2.84. The van der Waals surface area contributed by atoms with Crippen LogP contribution in [0.1, 0.15) is 44.3 Å². The van der Waals surface area contributed by atoms with E-state index in [1.54, 1.807) is 0 Å². The number of aromatic nitrogens is 2. The van der Waals surface area contributed by atoms with E-state index >= 15 is 0 Å². The zero-order valence-electron chi connectivity index (χ0n) is 9.44. The Morgan fingerprint density at radius 1 is 1.50 bits per heavy atom. The monoisotopic (exact) mass is 224 g/mol. The maximum Gasteiger partial charge on any atom is 0.309 e. The fourth-order valence-electron chi connectivity index (χ4n) is 1.91. The van der Waals surface area contributed by atoms with E-state index in [1.807, 2.05) is 6.92 Å².